The normalized spacial score (nSPS) is 10.1. The summed E-state index contributed by atoms with van der Waals surface area (Å²) in [5, 5.41) is 1.11. The fraction of sp³-hybridized carbons (Fsp3) is 0.273. The van der Waals surface area contributed by atoms with Crippen molar-refractivity contribution in [2.24, 2.45) is 4.99 Å². The van der Waals surface area contributed by atoms with Crippen LogP contribution in [0.15, 0.2) is 29.3 Å². The number of aryl methyl sites for hydroxylation is 1. The van der Waals surface area contributed by atoms with E-state index in [0.717, 1.165) is 23.4 Å². The number of nitrogens with zero attached hydrogens (tertiary/aromatic N) is 2. The number of carbonyl (C=O) groups excluding carboxylic acids is 1. The number of rotatable bonds is 4. The van der Waals surface area contributed by atoms with Gasteiger partial charge in [0.2, 0.25) is 6.08 Å². The second-order valence-electron chi connectivity index (χ2n) is 3.15. The molecule has 0 radical (unpaired) electrons. The van der Waals surface area contributed by atoms with Gasteiger partial charge >= 0.3 is 0 Å². The molecule has 1 heterocycles. The van der Waals surface area contributed by atoms with Gasteiger partial charge in [0.15, 0.2) is 0 Å². The molecule has 0 spiro atoms. The van der Waals surface area contributed by atoms with Crippen LogP contribution >= 0.6 is 11.3 Å². The zero-order valence-electron chi connectivity index (χ0n) is 8.14. The van der Waals surface area contributed by atoms with Crippen molar-refractivity contribution < 1.29 is 4.79 Å². The molecule has 15 heavy (non-hydrogen) atoms. The molecule has 0 amide bonds. The number of fused-ring (bicyclic) bond motifs is 1. The third-order valence-electron chi connectivity index (χ3n) is 2.06. The third-order valence-corrected chi connectivity index (χ3v) is 3.16. The van der Waals surface area contributed by atoms with Gasteiger partial charge in [0.05, 0.1) is 21.8 Å². The molecule has 0 N–H and O–H groups in total. The van der Waals surface area contributed by atoms with Gasteiger partial charge in [-0.2, -0.15) is 0 Å². The smallest absolute Gasteiger partial charge is 0.234 e. The molecule has 0 aliphatic heterocycles. The molecule has 1 aromatic carbocycles. The van der Waals surface area contributed by atoms with Crippen LogP contribution in [0.1, 0.15) is 11.4 Å². The Balaban J connectivity index is 2.05. The maximum atomic E-state index is 9.85. The van der Waals surface area contributed by atoms with Crippen LogP contribution in [0.5, 0.6) is 0 Å². The van der Waals surface area contributed by atoms with E-state index in [1.807, 2.05) is 18.2 Å². The number of benzene rings is 1. The number of para-hydroxylation sites is 1. The lowest BCUT2D eigenvalue weighted by Gasteiger charge is -1.89. The van der Waals surface area contributed by atoms with E-state index in [-0.39, 0.29) is 0 Å². The van der Waals surface area contributed by atoms with Gasteiger partial charge in [0.25, 0.3) is 0 Å². The first-order valence-corrected chi connectivity index (χ1v) is 5.60. The highest BCUT2D eigenvalue weighted by Gasteiger charge is 2.01. The number of hydrogen-bond acceptors (Lipinski definition) is 4. The molecule has 0 aliphatic rings. The first-order chi connectivity index (χ1) is 7.40. The van der Waals surface area contributed by atoms with Crippen molar-refractivity contribution >= 4 is 27.6 Å². The zero-order valence-corrected chi connectivity index (χ0v) is 8.96. The second kappa shape index (κ2) is 4.82. The number of hydrogen-bond donors (Lipinski definition) is 0. The van der Waals surface area contributed by atoms with E-state index in [9.17, 15) is 4.79 Å². The van der Waals surface area contributed by atoms with Crippen molar-refractivity contribution in [3.63, 3.8) is 0 Å². The number of aliphatic imine (C=N–C) groups is 1. The fourth-order valence-corrected chi connectivity index (χ4v) is 2.39. The van der Waals surface area contributed by atoms with Crippen LogP contribution in [-0.4, -0.2) is 17.6 Å². The molecular weight excluding hydrogens is 208 g/mol. The first-order valence-electron chi connectivity index (χ1n) is 4.78. The average Bonchev–Trinajstić information content (AvgIpc) is 2.67. The van der Waals surface area contributed by atoms with Crippen molar-refractivity contribution in [1.82, 2.24) is 4.98 Å². The molecule has 0 fully saturated rings. The van der Waals surface area contributed by atoms with Crippen LogP contribution in [0, 0.1) is 0 Å². The minimum absolute atomic E-state index is 0.541. The van der Waals surface area contributed by atoms with Crippen LogP contribution in [-0.2, 0) is 11.2 Å². The summed E-state index contributed by atoms with van der Waals surface area (Å²) in [6, 6.07) is 8.09. The molecule has 0 unspecified atom stereocenters. The van der Waals surface area contributed by atoms with Crippen molar-refractivity contribution in [3.8, 4) is 0 Å². The predicted molar refractivity (Wildman–Crippen MR) is 60.9 cm³/mol. The molecule has 0 atom stereocenters. The molecule has 0 bridgehead atoms. The first kappa shape index (κ1) is 10.0. The minimum Gasteiger partial charge on any atom is -0.241 e. The highest BCUT2D eigenvalue weighted by Crippen LogP contribution is 2.22. The lowest BCUT2D eigenvalue weighted by atomic mass is 10.3. The molecule has 1 aromatic heterocycles. The Morgan fingerprint density at radius 2 is 2.27 bits per heavy atom. The SMILES string of the molecule is O=C=NCCCc1nc2ccccc2s1. The van der Waals surface area contributed by atoms with Gasteiger partial charge in [-0.05, 0) is 18.6 Å². The summed E-state index contributed by atoms with van der Waals surface area (Å²) >= 11 is 1.70. The van der Waals surface area contributed by atoms with E-state index >= 15 is 0 Å². The van der Waals surface area contributed by atoms with E-state index in [1.165, 1.54) is 10.8 Å². The molecule has 4 heteroatoms. The summed E-state index contributed by atoms with van der Waals surface area (Å²) in [5.74, 6) is 0. The van der Waals surface area contributed by atoms with Crippen molar-refractivity contribution in [2.75, 3.05) is 6.54 Å². The quantitative estimate of drug-likeness (QED) is 0.449. The Morgan fingerprint density at radius 1 is 1.40 bits per heavy atom. The molecule has 0 aliphatic carbocycles. The summed E-state index contributed by atoms with van der Waals surface area (Å²) in [7, 11) is 0. The molecule has 2 rings (SSSR count). The van der Waals surface area contributed by atoms with Crippen LogP contribution < -0.4 is 0 Å². The van der Waals surface area contributed by atoms with E-state index in [0.29, 0.717) is 6.54 Å². The van der Waals surface area contributed by atoms with Crippen LogP contribution in [0.4, 0.5) is 0 Å². The van der Waals surface area contributed by atoms with E-state index in [1.54, 1.807) is 11.3 Å². The highest BCUT2D eigenvalue weighted by molar-refractivity contribution is 7.18. The zero-order chi connectivity index (χ0) is 10.5. The second-order valence-corrected chi connectivity index (χ2v) is 4.27. The lowest BCUT2D eigenvalue weighted by Crippen LogP contribution is -1.86. The summed E-state index contributed by atoms with van der Waals surface area (Å²) in [6.45, 7) is 0.541. The summed E-state index contributed by atoms with van der Waals surface area (Å²) in [4.78, 5) is 17.9. The van der Waals surface area contributed by atoms with Gasteiger partial charge in [-0.3, -0.25) is 0 Å². The maximum absolute atomic E-state index is 9.85. The maximum Gasteiger partial charge on any atom is 0.234 e. The van der Waals surface area contributed by atoms with Crippen LogP contribution in [0.3, 0.4) is 0 Å². The van der Waals surface area contributed by atoms with E-state index in [4.69, 9.17) is 0 Å². The van der Waals surface area contributed by atoms with Crippen LogP contribution in [0.2, 0.25) is 0 Å². The standard InChI is InChI=1S/C11H10N2OS/c14-8-12-7-3-6-11-13-9-4-1-2-5-10(9)15-11/h1-2,4-5H,3,6-7H2. The monoisotopic (exact) mass is 218 g/mol. The largest absolute Gasteiger partial charge is 0.241 e. The lowest BCUT2D eigenvalue weighted by molar-refractivity contribution is 0.562. The van der Waals surface area contributed by atoms with Gasteiger partial charge in [-0.1, -0.05) is 12.1 Å². The minimum atomic E-state index is 0.541. The van der Waals surface area contributed by atoms with Gasteiger partial charge in [0, 0.05) is 6.42 Å². The molecule has 3 nitrogen and oxygen atoms in total. The molecule has 76 valence electrons. The van der Waals surface area contributed by atoms with Gasteiger partial charge in [0.1, 0.15) is 0 Å². The Kier molecular flexibility index (Phi) is 3.22. The Hall–Kier alpha value is -1.51. The van der Waals surface area contributed by atoms with Crippen molar-refractivity contribution in [1.29, 1.82) is 0 Å². The van der Waals surface area contributed by atoms with Crippen molar-refractivity contribution in [2.45, 2.75) is 12.8 Å². The highest BCUT2D eigenvalue weighted by atomic mass is 32.1. The topological polar surface area (TPSA) is 42.3 Å². The summed E-state index contributed by atoms with van der Waals surface area (Å²) < 4.78 is 1.21. The summed E-state index contributed by atoms with van der Waals surface area (Å²) in [6.07, 6.45) is 3.27. The van der Waals surface area contributed by atoms with E-state index in [2.05, 4.69) is 16.0 Å². The number of aromatic nitrogens is 1. The molecular formula is C11H10N2OS. The van der Waals surface area contributed by atoms with E-state index < -0.39 is 0 Å². The van der Waals surface area contributed by atoms with Crippen molar-refractivity contribution in [3.05, 3.63) is 29.3 Å². The summed E-state index contributed by atoms with van der Waals surface area (Å²) in [5.41, 5.74) is 1.05. The number of isocyanates is 1. The van der Waals surface area contributed by atoms with Gasteiger partial charge in [-0.25, -0.2) is 14.8 Å². The predicted octanol–water partition coefficient (Wildman–Crippen LogP) is 2.56. The Bertz CT molecular complexity index is 467. The Morgan fingerprint density at radius 3 is 3.07 bits per heavy atom. The Labute approximate surface area is 91.5 Å². The average molecular weight is 218 g/mol. The van der Waals surface area contributed by atoms with Crippen LogP contribution in [0.25, 0.3) is 10.2 Å². The fourth-order valence-electron chi connectivity index (χ4n) is 1.38. The van der Waals surface area contributed by atoms with Gasteiger partial charge < -0.3 is 0 Å². The molecule has 0 saturated carbocycles. The third kappa shape index (κ3) is 2.49. The molecule has 2 aromatic rings. The van der Waals surface area contributed by atoms with Gasteiger partial charge in [-0.15, -0.1) is 11.3 Å². The molecule has 0 saturated heterocycles. The number of thiazole rings is 1.